The van der Waals surface area contributed by atoms with E-state index in [9.17, 15) is 0 Å². The van der Waals surface area contributed by atoms with E-state index in [4.69, 9.17) is 0 Å². The highest BCUT2D eigenvalue weighted by atomic mass is 15.3. The van der Waals surface area contributed by atoms with E-state index in [-0.39, 0.29) is 0 Å². The minimum absolute atomic E-state index is 0.771. The highest BCUT2D eigenvalue weighted by molar-refractivity contribution is 5.79. The highest BCUT2D eigenvalue weighted by Crippen LogP contribution is 2.21. The van der Waals surface area contributed by atoms with Crippen molar-refractivity contribution in [1.82, 2.24) is 19.6 Å². The van der Waals surface area contributed by atoms with Gasteiger partial charge in [0.05, 0.1) is 36.5 Å². The van der Waals surface area contributed by atoms with Crippen molar-refractivity contribution in [3.8, 4) is 0 Å². The maximum absolute atomic E-state index is 4.58. The molecule has 2 aromatic heterocycles. The second kappa shape index (κ2) is 6.40. The monoisotopic (exact) mass is 352 g/mol. The molecule has 3 aromatic carbocycles. The van der Waals surface area contributed by atoms with Gasteiger partial charge in [0, 0.05) is 10.8 Å². The number of fused-ring (bicyclic) bond motifs is 2. The van der Waals surface area contributed by atoms with Crippen LogP contribution in [0.3, 0.4) is 0 Å². The van der Waals surface area contributed by atoms with Crippen LogP contribution in [0, 0.1) is 6.92 Å². The fourth-order valence-electron chi connectivity index (χ4n) is 3.71. The van der Waals surface area contributed by atoms with Gasteiger partial charge in [-0.3, -0.25) is 9.36 Å². The van der Waals surface area contributed by atoms with Crippen molar-refractivity contribution in [2.45, 2.75) is 20.0 Å². The van der Waals surface area contributed by atoms with Crippen molar-refractivity contribution in [3.05, 3.63) is 95.8 Å². The molecule has 27 heavy (non-hydrogen) atoms. The molecule has 0 aliphatic carbocycles. The lowest BCUT2D eigenvalue weighted by atomic mass is 10.0. The van der Waals surface area contributed by atoms with Gasteiger partial charge in [-0.15, -0.1) is 0 Å². The second-order valence-electron chi connectivity index (χ2n) is 6.92. The minimum atomic E-state index is 0.771. The summed E-state index contributed by atoms with van der Waals surface area (Å²) in [7, 11) is 0. The Morgan fingerprint density at radius 1 is 0.630 bits per heavy atom. The van der Waals surface area contributed by atoms with Crippen molar-refractivity contribution in [3.63, 3.8) is 0 Å². The normalized spacial score (nSPS) is 11.4. The molecule has 0 spiro atoms. The van der Waals surface area contributed by atoms with Crippen LogP contribution in [0.15, 0.2) is 79.1 Å². The zero-order chi connectivity index (χ0) is 18.2. The zero-order valence-corrected chi connectivity index (χ0v) is 15.2. The Kier molecular flexibility index (Phi) is 3.75. The molecular weight excluding hydrogens is 332 g/mol. The number of aromatic nitrogens is 4. The first-order valence-corrected chi connectivity index (χ1v) is 9.18. The van der Waals surface area contributed by atoms with Crippen LogP contribution in [-0.4, -0.2) is 19.6 Å². The molecule has 4 heteroatoms. The molecule has 0 bridgehead atoms. The van der Waals surface area contributed by atoms with Crippen molar-refractivity contribution in [2.24, 2.45) is 0 Å². The summed E-state index contributed by atoms with van der Waals surface area (Å²) in [6, 6.07) is 23.2. The van der Waals surface area contributed by atoms with E-state index in [1.165, 1.54) is 38.5 Å². The molecule has 0 saturated carbocycles. The van der Waals surface area contributed by atoms with Gasteiger partial charge in [-0.05, 0) is 35.7 Å². The molecule has 5 rings (SSSR count). The third kappa shape index (κ3) is 2.79. The summed E-state index contributed by atoms with van der Waals surface area (Å²) in [5.74, 6) is 0. The van der Waals surface area contributed by atoms with E-state index < -0.39 is 0 Å². The topological polar surface area (TPSA) is 35.6 Å². The molecule has 0 aliphatic heterocycles. The largest absolute Gasteiger partial charge is 0.260 e. The molecule has 0 radical (unpaired) electrons. The number of hydrogen-bond donors (Lipinski definition) is 0. The number of rotatable bonds is 4. The van der Waals surface area contributed by atoms with E-state index in [1.54, 1.807) is 0 Å². The Hall–Kier alpha value is -3.40. The SMILES string of the molecule is Cc1c(Cn2ncc3ccccc32)cccc1Cn1ncc2ccccc21. The standard InChI is InChI=1S/C23H20N4/c1-17-20(15-26-22-11-4-2-7-18(22)13-24-26)9-6-10-21(17)16-27-23-12-5-3-8-19(23)14-25-27/h2-14H,15-16H2,1H3. The van der Waals surface area contributed by atoms with Crippen LogP contribution < -0.4 is 0 Å². The smallest absolute Gasteiger partial charge is 0.0686 e. The van der Waals surface area contributed by atoms with Gasteiger partial charge < -0.3 is 0 Å². The van der Waals surface area contributed by atoms with E-state index in [2.05, 4.69) is 93.2 Å². The molecular formula is C23H20N4. The van der Waals surface area contributed by atoms with Crippen LogP contribution in [0.4, 0.5) is 0 Å². The summed E-state index contributed by atoms with van der Waals surface area (Å²) in [4.78, 5) is 0. The van der Waals surface area contributed by atoms with Gasteiger partial charge in [0.25, 0.3) is 0 Å². The molecule has 5 aromatic rings. The van der Waals surface area contributed by atoms with Crippen LogP contribution >= 0.6 is 0 Å². The van der Waals surface area contributed by atoms with Gasteiger partial charge in [0.2, 0.25) is 0 Å². The number of hydrogen-bond acceptors (Lipinski definition) is 2. The first kappa shape index (κ1) is 15.8. The summed E-state index contributed by atoms with van der Waals surface area (Å²) < 4.78 is 4.15. The molecule has 0 N–H and O–H groups in total. The average molecular weight is 352 g/mol. The highest BCUT2D eigenvalue weighted by Gasteiger charge is 2.09. The van der Waals surface area contributed by atoms with E-state index in [0.717, 1.165) is 13.1 Å². The molecule has 0 saturated heterocycles. The molecule has 4 nitrogen and oxygen atoms in total. The van der Waals surface area contributed by atoms with Crippen LogP contribution in [0.1, 0.15) is 16.7 Å². The summed E-state index contributed by atoms with van der Waals surface area (Å²) in [6.45, 7) is 3.74. The molecule has 0 unspecified atom stereocenters. The van der Waals surface area contributed by atoms with E-state index in [1.807, 2.05) is 12.4 Å². The van der Waals surface area contributed by atoms with Crippen molar-refractivity contribution < 1.29 is 0 Å². The predicted molar refractivity (Wildman–Crippen MR) is 109 cm³/mol. The van der Waals surface area contributed by atoms with Crippen molar-refractivity contribution >= 4 is 21.8 Å². The van der Waals surface area contributed by atoms with Gasteiger partial charge in [0.15, 0.2) is 0 Å². The summed E-state index contributed by atoms with van der Waals surface area (Å²) >= 11 is 0. The molecule has 0 atom stereocenters. The third-order valence-corrected chi connectivity index (χ3v) is 5.30. The summed E-state index contributed by atoms with van der Waals surface area (Å²) in [5, 5.41) is 11.5. The van der Waals surface area contributed by atoms with Crippen molar-refractivity contribution in [1.29, 1.82) is 0 Å². The van der Waals surface area contributed by atoms with Crippen LogP contribution in [-0.2, 0) is 13.1 Å². The molecule has 0 fully saturated rings. The lowest BCUT2D eigenvalue weighted by Crippen LogP contribution is -2.07. The number of nitrogens with zero attached hydrogens (tertiary/aromatic N) is 4. The Balaban J connectivity index is 1.49. The Morgan fingerprint density at radius 2 is 1.11 bits per heavy atom. The molecule has 2 heterocycles. The summed E-state index contributed by atoms with van der Waals surface area (Å²) in [6.07, 6.45) is 3.87. The molecule has 0 aliphatic rings. The first-order chi connectivity index (χ1) is 13.3. The lowest BCUT2D eigenvalue weighted by molar-refractivity contribution is 0.692. The first-order valence-electron chi connectivity index (χ1n) is 9.18. The Labute approximate surface area is 157 Å². The van der Waals surface area contributed by atoms with Crippen molar-refractivity contribution in [2.75, 3.05) is 0 Å². The minimum Gasteiger partial charge on any atom is -0.260 e. The maximum Gasteiger partial charge on any atom is 0.0686 e. The maximum atomic E-state index is 4.58. The fourth-order valence-corrected chi connectivity index (χ4v) is 3.71. The number of benzene rings is 3. The quantitative estimate of drug-likeness (QED) is 0.466. The third-order valence-electron chi connectivity index (χ3n) is 5.30. The van der Waals surface area contributed by atoms with Gasteiger partial charge in [-0.1, -0.05) is 54.6 Å². The van der Waals surface area contributed by atoms with Gasteiger partial charge in [-0.25, -0.2) is 0 Å². The fraction of sp³-hybridized carbons (Fsp3) is 0.130. The zero-order valence-electron chi connectivity index (χ0n) is 15.2. The van der Waals surface area contributed by atoms with Gasteiger partial charge >= 0.3 is 0 Å². The van der Waals surface area contributed by atoms with Gasteiger partial charge in [0.1, 0.15) is 0 Å². The molecule has 132 valence electrons. The lowest BCUT2D eigenvalue weighted by Gasteiger charge is -2.13. The van der Waals surface area contributed by atoms with Gasteiger partial charge in [-0.2, -0.15) is 10.2 Å². The van der Waals surface area contributed by atoms with E-state index >= 15 is 0 Å². The van der Waals surface area contributed by atoms with E-state index in [0.29, 0.717) is 0 Å². The van der Waals surface area contributed by atoms with Crippen LogP contribution in [0.25, 0.3) is 21.8 Å². The summed E-state index contributed by atoms with van der Waals surface area (Å²) in [5.41, 5.74) is 6.22. The molecule has 0 amide bonds. The predicted octanol–water partition coefficient (Wildman–Crippen LogP) is 4.79. The Bertz CT molecular complexity index is 1150. The Morgan fingerprint density at radius 3 is 1.63 bits per heavy atom. The second-order valence-corrected chi connectivity index (χ2v) is 6.92. The number of para-hydroxylation sites is 2. The van der Waals surface area contributed by atoms with Crippen LogP contribution in [0.2, 0.25) is 0 Å². The average Bonchev–Trinajstić information content (AvgIpc) is 3.30. The van der Waals surface area contributed by atoms with Crippen LogP contribution in [0.5, 0.6) is 0 Å².